The Morgan fingerprint density at radius 1 is 0.220 bits per heavy atom. The highest BCUT2D eigenvalue weighted by Crippen LogP contribution is 2.35. The van der Waals surface area contributed by atoms with E-state index in [-0.39, 0.29) is 0 Å². The van der Waals surface area contributed by atoms with E-state index in [9.17, 15) is 112 Å². The number of hydrogen-bond donors (Lipinski definition) is 22. The van der Waals surface area contributed by atoms with Crippen molar-refractivity contribution in [1.82, 2.24) is 0 Å². The van der Waals surface area contributed by atoms with Gasteiger partial charge in [-0.2, -0.15) is 0 Å². The Bertz CT molecular complexity index is 2240. The van der Waals surface area contributed by atoms with Crippen LogP contribution in [0.5, 0.6) is 0 Å². The first-order valence-corrected chi connectivity index (χ1v) is 29.3. The van der Waals surface area contributed by atoms with Crippen LogP contribution in [0.2, 0.25) is 0 Å². The zero-order valence-electron chi connectivity index (χ0n) is 47.8. The Kier molecular flexibility index (Phi) is 24.6. The summed E-state index contributed by atoms with van der Waals surface area (Å²) in [5.41, 5.74) is 0. The van der Waals surface area contributed by atoms with Gasteiger partial charge in [-0.1, -0.05) is 0 Å². The summed E-state index contributed by atoms with van der Waals surface area (Å²) in [5.74, 6) is 0. The van der Waals surface area contributed by atoms with Crippen LogP contribution in [0, 0.1) is 0 Å². The average Bonchev–Trinajstić information content (AvgIpc) is 1.60. The van der Waals surface area contributed by atoms with Crippen LogP contribution in [0.3, 0.4) is 0 Å². The molecule has 0 radical (unpaired) electrons. The van der Waals surface area contributed by atoms with Crippen molar-refractivity contribution in [3.63, 3.8) is 0 Å². The van der Waals surface area contributed by atoms with E-state index in [4.69, 9.17) is 90.0 Å². The van der Waals surface area contributed by atoms with Crippen molar-refractivity contribution in [3.8, 4) is 0 Å². The molecule has 0 aromatic heterocycles. The lowest BCUT2D eigenvalue weighted by Crippen LogP contribution is -2.63. The van der Waals surface area contributed by atoms with Gasteiger partial charge < -0.3 is 202 Å². The second-order valence-corrected chi connectivity index (χ2v) is 23.4. The third kappa shape index (κ3) is 15.6. The molecule has 0 aliphatic carbocycles. The van der Waals surface area contributed by atoms with Gasteiger partial charge in [0.15, 0.2) is 62.9 Å². The quantitative estimate of drug-likeness (QED) is 0.0571. The predicted octanol–water partition coefficient (Wildman–Crippen LogP) is -16.4. The third-order valence-electron chi connectivity index (χ3n) is 17.2. The van der Waals surface area contributed by atoms with Crippen LogP contribution in [0.15, 0.2) is 0 Å². The molecule has 0 aromatic rings. The first-order valence-electron chi connectivity index (χ1n) is 29.3. The zero-order chi connectivity index (χ0) is 65.6. The van der Waals surface area contributed by atoms with E-state index in [1.165, 1.54) is 0 Å². The highest BCUT2D eigenvalue weighted by Gasteiger charge is 2.55. The summed E-state index contributed by atoms with van der Waals surface area (Å²) in [7, 11) is 0. The average molecular weight is 1340 g/mol. The van der Waals surface area contributed by atoms with E-state index in [1.54, 1.807) is 0 Å². The van der Waals surface area contributed by atoms with Crippen LogP contribution in [0.1, 0.15) is 0 Å². The van der Waals surface area contributed by atoms with Gasteiger partial charge in [-0.3, -0.25) is 0 Å². The van der Waals surface area contributed by atoms with Crippen LogP contribution >= 0.6 is 0 Å². The summed E-state index contributed by atoms with van der Waals surface area (Å²) in [6.07, 6.45) is -66.7. The number of aliphatic hydroxyl groups excluding tert-OH is 22. The van der Waals surface area contributed by atoms with E-state index in [1.807, 2.05) is 0 Å². The third-order valence-corrected chi connectivity index (χ3v) is 17.2. The molecule has 10 saturated heterocycles. The van der Waals surface area contributed by atoms with Crippen LogP contribution < -0.4 is 0 Å². The molecule has 91 heavy (non-hydrogen) atoms. The topological polar surface area (TPSA) is 620 Å². The van der Waals surface area contributed by atoms with Gasteiger partial charge in [0.1, 0.15) is 183 Å². The molecule has 10 heterocycles. The highest BCUT2D eigenvalue weighted by atomic mass is 16.8. The first kappa shape index (κ1) is 72.1. The molecule has 22 N–H and O–H groups in total. The van der Waals surface area contributed by atoms with Gasteiger partial charge in [-0.25, -0.2) is 0 Å². The molecule has 0 amide bonds. The smallest absolute Gasteiger partial charge is 0.187 e. The molecule has 10 rings (SSSR count). The lowest BCUT2D eigenvalue weighted by atomic mass is 10.0. The molecule has 10 aliphatic rings. The highest BCUT2D eigenvalue weighted by molar-refractivity contribution is 4.97. The number of aliphatic hydroxyl groups is 22. The van der Waals surface area contributed by atoms with Gasteiger partial charge in [-0.15, -0.1) is 0 Å². The number of hydrogen-bond acceptors (Lipinski definition) is 41. The number of ether oxygens (including phenoxy) is 19. The Balaban J connectivity index is 0.616. The van der Waals surface area contributed by atoms with Crippen LogP contribution in [0.4, 0.5) is 0 Å². The van der Waals surface area contributed by atoms with Gasteiger partial charge in [0, 0.05) is 0 Å². The van der Waals surface area contributed by atoms with Crippen molar-refractivity contribution in [2.45, 2.75) is 246 Å². The summed E-state index contributed by atoms with van der Waals surface area (Å²) in [6, 6.07) is 0. The van der Waals surface area contributed by atoms with E-state index >= 15 is 0 Å². The minimum Gasteiger partial charge on any atom is -0.394 e. The molecule has 41 nitrogen and oxygen atoms in total. The van der Waals surface area contributed by atoms with Crippen molar-refractivity contribution in [1.29, 1.82) is 0 Å². The second-order valence-electron chi connectivity index (χ2n) is 23.4. The normalized spacial score (nSPS) is 54.5. The summed E-state index contributed by atoms with van der Waals surface area (Å²) in [4.78, 5) is 0. The summed E-state index contributed by atoms with van der Waals surface area (Å²) in [6.45, 7) is -5.34. The van der Waals surface area contributed by atoms with Gasteiger partial charge >= 0.3 is 0 Å². The Labute approximate surface area is 513 Å². The van der Waals surface area contributed by atoms with Crippen molar-refractivity contribution in [2.75, 3.05) is 66.1 Å². The van der Waals surface area contributed by atoms with E-state index in [2.05, 4.69) is 0 Å². The number of rotatable bonds is 19. The minimum atomic E-state index is -1.94. The maximum atomic E-state index is 11.1. The largest absolute Gasteiger partial charge is 0.394 e. The Hall–Kier alpha value is -1.64. The molecule has 10 fully saturated rings. The molecular formula is C50H82O41. The summed E-state index contributed by atoms with van der Waals surface area (Å²) < 4.78 is 105. The van der Waals surface area contributed by atoms with Crippen LogP contribution in [-0.2, 0) is 90.0 Å². The second kappa shape index (κ2) is 31.1. The van der Waals surface area contributed by atoms with Crippen molar-refractivity contribution < 1.29 is 202 Å². The molecule has 0 saturated carbocycles. The maximum Gasteiger partial charge on any atom is 0.187 e. The van der Waals surface area contributed by atoms with E-state index in [0.717, 1.165) is 0 Å². The SMILES string of the molecule is OC[C@@H]1O[C@@H](O[C@@H]2C(O)[C@H](O[C@@H]3CO[C@H](O[C@@H]4CO[C@H](O[C@@H]5CO[C@H](O[C@@H]6CO[C@H](O[C@@H]7CO[C@H](O[C@@H]8CO[C@H](O[C@@H]9CO[C@@H](O[C@@H]%10CO[C@@H](O)C(O)[C@H]%10O)C(O)[C@H]9O)C(O)[C@H]8O)C(O)[C@H]7O)C(O)[C@H]6O)C(O)[C@H]5O)C(O)[C@H]4O)C(O)[C@H]3O)OC[C@H]2O)C(O)[C@@H]1O. The van der Waals surface area contributed by atoms with Crippen LogP contribution in [0.25, 0.3) is 0 Å². The lowest BCUT2D eigenvalue weighted by molar-refractivity contribution is -0.369. The zero-order valence-corrected chi connectivity index (χ0v) is 47.8. The fourth-order valence-electron chi connectivity index (χ4n) is 11.5. The molecular weight excluding hydrogens is 1260 g/mol. The molecule has 0 aromatic carbocycles. The standard InChI is InChI=1S/C50H82O41/c51-1-12-21(53)38(70)50(82-12)91-40-11(52)2-74-49(39(40)71)90-20-10-81-48(37(69)29(20)61)89-19-9-80-47(36(68)28(19)60)88-18-8-79-46(35(67)27(18)59)87-17-7-78-45(34(66)26(17)58)86-16-6-77-44(33(65)25(16)57)85-15-5-76-43(32(64)24(15)56)84-14-4-75-42(31(63)23(14)55)83-13-3-73-41(72)30(62)22(13)54/h11-72H,1-10H2/t11-,12+,13-,14-,15-,16-,17-,18-,19-,20-,21-,22+,23+,24+,25+,26+,27+,28+,29+,30?,31?,32?,33?,34?,35?,36?,37?,38?,39?,40+,41-,42+,43-,44-,45-,46-,47-,48-,49+,50+/m1/s1. The Morgan fingerprint density at radius 3 is 0.692 bits per heavy atom. The molecule has 40 atom stereocenters. The fraction of sp³-hybridized carbons (Fsp3) is 1.00. The van der Waals surface area contributed by atoms with Crippen molar-refractivity contribution >= 4 is 0 Å². The molecule has 528 valence electrons. The molecule has 10 aliphatic heterocycles. The van der Waals surface area contributed by atoms with E-state index in [0.29, 0.717) is 0 Å². The maximum absolute atomic E-state index is 11.1. The molecule has 0 spiro atoms. The predicted molar refractivity (Wildman–Crippen MR) is 270 cm³/mol. The monoisotopic (exact) mass is 1340 g/mol. The molecule has 10 unspecified atom stereocenters. The minimum absolute atomic E-state index is 0.398. The van der Waals surface area contributed by atoms with Gasteiger partial charge in [0.05, 0.1) is 66.1 Å². The summed E-state index contributed by atoms with van der Waals surface area (Å²) >= 11 is 0. The van der Waals surface area contributed by atoms with Crippen molar-refractivity contribution in [2.24, 2.45) is 0 Å². The van der Waals surface area contributed by atoms with Gasteiger partial charge in [-0.05, 0) is 0 Å². The lowest BCUT2D eigenvalue weighted by Gasteiger charge is -2.46. The van der Waals surface area contributed by atoms with Crippen LogP contribution in [-0.4, -0.2) is 424 Å². The first-order chi connectivity index (χ1) is 43.3. The fourth-order valence-corrected chi connectivity index (χ4v) is 11.5. The van der Waals surface area contributed by atoms with E-state index < -0.39 is 312 Å². The van der Waals surface area contributed by atoms with Gasteiger partial charge in [0.25, 0.3) is 0 Å². The molecule has 0 bridgehead atoms. The molecule has 41 heteroatoms. The summed E-state index contributed by atoms with van der Waals surface area (Å²) in [5, 5.41) is 234. The Morgan fingerprint density at radius 2 is 0.440 bits per heavy atom. The van der Waals surface area contributed by atoms with Crippen molar-refractivity contribution in [3.05, 3.63) is 0 Å². The van der Waals surface area contributed by atoms with Gasteiger partial charge in [0.2, 0.25) is 0 Å².